The molecule has 2 aromatic carbocycles. The summed E-state index contributed by atoms with van der Waals surface area (Å²) in [4.78, 5) is 13.1. The van der Waals surface area contributed by atoms with E-state index in [4.69, 9.17) is 0 Å². The Bertz CT molecular complexity index is 890. The average Bonchev–Trinajstić information content (AvgIpc) is 3.24. The third-order valence-corrected chi connectivity index (χ3v) is 6.98. The van der Waals surface area contributed by atoms with Crippen LogP contribution in [-0.4, -0.2) is 5.78 Å². The van der Waals surface area contributed by atoms with Crippen molar-refractivity contribution in [1.82, 2.24) is 0 Å². The number of rotatable bonds is 3. The molecule has 0 amide bonds. The number of aryl methyl sites for hydroxylation is 2. The third kappa shape index (κ3) is 2.11. The van der Waals surface area contributed by atoms with E-state index >= 15 is 0 Å². The van der Waals surface area contributed by atoms with Crippen LogP contribution in [0, 0.1) is 11.8 Å². The fourth-order valence-corrected chi connectivity index (χ4v) is 5.75. The molecule has 1 heteroatoms. The van der Waals surface area contributed by atoms with Crippen LogP contribution in [0.3, 0.4) is 0 Å². The van der Waals surface area contributed by atoms with Crippen molar-refractivity contribution < 1.29 is 4.79 Å². The van der Waals surface area contributed by atoms with Gasteiger partial charge in [-0.1, -0.05) is 49.8 Å². The maximum Gasteiger partial charge on any atom is 0.144 e. The second-order valence-corrected chi connectivity index (χ2v) is 8.34. The Balaban J connectivity index is 1.69. The highest BCUT2D eigenvalue weighted by atomic mass is 16.1. The number of hydrogen-bond acceptors (Lipinski definition) is 1. The van der Waals surface area contributed by atoms with Crippen LogP contribution in [0.25, 0.3) is 10.8 Å². The van der Waals surface area contributed by atoms with Crippen molar-refractivity contribution in [2.45, 2.75) is 57.3 Å². The van der Waals surface area contributed by atoms with Gasteiger partial charge in [0.2, 0.25) is 0 Å². The molecule has 128 valence electrons. The van der Waals surface area contributed by atoms with Gasteiger partial charge in [0.1, 0.15) is 5.78 Å². The molecule has 3 aliphatic carbocycles. The number of allylic oxidation sites excluding steroid dienone is 2. The summed E-state index contributed by atoms with van der Waals surface area (Å²) in [5, 5.41) is 2.74. The van der Waals surface area contributed by atoms with Crippen molar-refractivity contribution in [2.24, 2.45) is 11.8 Å². The van der Waals surface area contributed by atoms with Crippen LogP contribution in [-0.2, 0) is 23.1 Å². The molecule has 0 aliphatic heterocycles. The van der Waals surface area contributed by atoms with E-state index < -0.39 is 0 Å². The normalized spacial score (nSPS) is 29.7. The van der Waals surface area contributed by atoms with E-state index in [1.54, 1.807) is 0 Å². The highest BCUT2D eigenvalue weighted by Gasteiger charge is 2.55. The number of carbonyl (C=O) groups is 1. The molecule has 1 saturated carbocycles. The monoisotopic (exact) mass is 330 g/mol. The molecule has 0 radical (unpaired) electrons. The number of unbranched alkanes of at least 4 members (excludes halogenated alkanes) is 1. The lowest BCUT2D eigenvalue weighted by Crippen LogP contribution is -2.43. The van der Waals surface area contributed by atoms with Crippen molar-refractivity contribution >= 4 is 16.6 Å². The third-order valence-electron chi connectivity index (χ3n) is 6.98. The maximum atomic E-state index is 13.1. The molecule has 5 rings (SSSR count). The molecule has 1 spiro atoms. The maximum absolute atomic E-state index is 13.1. The Morgan fingerprint density at radius 2 is 2.08 bits per heavy atom. The molecule has 0 saturated heterocycles. The summed E-state index contributed by atoms with van der Waals surface area (Å²) in [6.45, 7) is 2.25. The lowest BCUT2D eigenvalue weighted by molar-refractivity contribution is -0.126. The molecule has 1 fully saturated rings. The number of ketones is 1. The van der Waals surface area contributed by atoms with Gasteiger partial charge in [0.05, 0.1) is 5.41 Å². The van der Waals surface area contributed by atoms with Crippen LogP contribution in [0.1, 0.15) is 55.7 Å². The first-order valence-corrected chi connectivity index (χ1v) is 9.99. The summed E-state index contributed by atoms with van der Waals surface area (Å²) in [5.41, 5.74) is 4.07. The zero-order chi connectivity index (χ0) is 17.0. The standard InChI is InChI=1S/C24H26O/c1-2-3-5-17-6-4-7-18-14-22-19(13-21(17)18)9-11-23(25)24(22)15-16-8-10-20(24)12-16/h4,6-8,10,13-14,16,20H,2-3,5,9,11-12,15H2,1H3. The number of hydrogen-bond donors (Lipinski definition) is 0. The van der Waals surface area contributed by atoms with Crippen LogP contribution < -0.4 is 0 Å². The number of carbonyl (C=O) groups excluding carboxylic acids is 1. The van der Waals surface area contributed by atoms with Gasteiger partial charge >= 0.3 is 0 Å². The highest BCUT2D eigenvalue weighted by Crippen LogP contribution is 2.57. The molecule has 3 unspecified atom stereocenters. The van der Waals surface area contributed by atoms with Gasteiger partial charge in [-0.15, -0.1) is 0 Å². The Morgan fingerprint density at radius 3 is 2.84 bits per heavy atom. The summed E-state index contributed by atoms with van der Waals surface area (Å²) in [6.07, 6.45) is 12.2. The van der Waals surface area contributed by atoms with E-state index in [-0.39, 0.29) is 5.41 Å². The zero-order valence-corrected chi connectivity index (χ0v) is 15.1. The minimum Gasteiger partial charge on any atom is -0.299 e. The van der Waals surface area contributed by atoms with Gasteiger partial charge in [-0.25, -0.2) is 0 Å². The van der Waals surface area contributed by atoms with E-state index in [2.05, 4.69) is 49.4 Å². The van der Waals surface area contributed by atoms with Crippen LogP contribution in [0.2, 0.25) is 0 Å². The van der Waals surface area contributed by atoms with Gasteiger partial charge in [-0.2, -0.15) is 0 Å². The van der Waals surface area contributed by atoms with Gasteiger partial charge in [0.25, 0.3) is 0 Å². The second kappa shape index (κ2) is 5.56. The van der Waals surface area contributed by atoms with Gasteiger partial charge < -0.3 is 0 Å². The fourth-order valence-electron chi connectivity index (χ4n) is 5.75. The summed E-state index contributed by atoms with van der Waals surface area (Å²) in [6, 6.07) is 11.5. The first-order valence-electron chi connectivity index (χ1n) is 9.99. The minimum absolute atomic E-state index is 0.208. The smallest absolute Gasteiger partial charge is 0.144 e. The predicted octanol–water partition coefficient (Wildman–Crippen LogP) is 5.53. The number of fused-ring (bicyclic) bond motifs is 6. The largest absolute Gasteiger partial charge is 0.299 e. The van der Waals surface area contributed by atoms with Gasteiger partial charge in [0.15, 0.2) is 0 Å². The highest BCUT2D eigenvalue weighted by molar-refractivity contribution is 5.97. The Hall–Kier alpha value is -1.89. The average molecular weight is 330 g/mol. The molecule has 3 atom stereocenters. The summed E-state index contributed by atoms with van der Waals surface area (Å²) in [5.74, 6) is 1.55. The quantitative estimate of drug-likeness (QED) is 0.676. The Kier molecular flexibility index (Phi) is 3.42. The van der Waals surface area contributed by atoms with E-state index in [0.29, 0.717) is 17.6 Å². The second-order valence-electron chi connectivity index (χ2n) is 8.34. The molecule has 0 heterocycles. The van der Waals surface area contributed by atoms with E-state index in [9.17, 15) is 4.79 Å². The molecular weight excluding hydrogens is 304 g/mol. The van der Waals surface area contributed by atoms with E-state index in [1.165, 1.54) is 46.7 Å². The van der Waals surface area contributed by atoms with Crippen LogP contribution in [0.4, 0.5) is 0 Å². The Labute approximate surface area is 150 Å². The molecule has 0 N–H and O–H groups in total. The molecule has 25 heavy (non-hydrogen) atoms. The number of benzene rings is 2. The van der Waals surface area contributed by atoms with E-state index in [1.807, 2.05) is 0 Å². The fraction of sp³-hybridized carbons (Fsp3) is 0.458. The molecule has 0 aromatic heterocycles. The van der Waals surface area contributed by atoms with Crippen molar-refractivity contribution in [1.29, 1.82) is 0 Å². The Morgan fingerprint density at radius 1 is 1.16 bits per heavy atom. The SMILES string of the molecule is CCCCc1cccc2cc3c(cc12)CCC(=O)C31CC2C=CC1C2. The summed E-state index contributed by atoms with van der Waals surface area (Å²) in [7, 11) is 0. The topological polar surface area (TPSA) is 17.1 Å². The summed E-state index contributed by atoms with van der Waals surface area (Å²) >= 11 is 0. The van der Waals surface area contributed by atoms with Crippen LogP contribution >= 0.6 is 0 Å². The van der Waals surface area contributed by atoms with E-state index in [0.717, 1.165) is 25.7 Å². The number of Topliss-reactive ketones (excluding diaryl/α,β-unsaturated/α-hetero) is 1. The molecule has 3 aliphatic rings. The van der Waals surface area contributed by atoms with Crippen LogP contribution in [0.15, 0.2) is 42.5 Å². The van der Waals surface area contributed by atoms with Crippen molar-refractivity contribution in [3.63, 3.8) is 0 Å². The van der Waals surface area contributed by atoms with Crippen molar-refractivity contribution in [3.05, 3.63) is 59.2 Å². The first-order chi connectivity index (χ1) is 12.2. The molecule has 2 bridgehead atoms. The van der Waals surface area contributed by atoms with Crippen molar-refractivity contribution in [2.75, 3.05) is 0 Å². The molecular formula is C24H26O. The minimum atomic E-state index is -0.208. The zero-order valence-electron chi connectivity index (χ0n) is 15.1. The van der Waals surface area contributed by atoms with Gasteiger partial charge in [0, 0.05) is 6.42 Å². The summed E-state index contributed by atoms with van der Waals surface area (Å²) < 4.78 is 0. The molecule has 2 aromatic rings. The lowest BCUT2D eigenvalue weighted by Gasteiger charge is -2.40. The first kappa shape index (κ1) is 15.4. The lowest BCUT2D eigenvalue weighted by atomic mass is 9.62. The molecule has 1 nitrogen and oxygen atoms in total. The van der Waals surface area contributed by atoms with Crippen molar-refractivity contribution in [3.8, 4) is 0 Å². The van der Waals surface area contributed by atoms with Gasteiger partial charge in [-0.3, -0.25) is 4.79 Å². The predicted molar refractivity (Wildman–Crippen MR) is 103 cm³/mol. The van der Waals surface area contributed by atoms with Crippen LogP contribution in [0.5, 0.6) is 0 Å². The van der Waals surface area contributed by atoms with Gasteiger partial charge in [-0.05, 0) is 77.5 Å².